The average molecular weight is 179 g/mol. The average Bonchev–Trinajstić information content (AvgIpc) is 2.16. The van der Waals surface area contributed by atoms with E-state index < -0.39 is 5.78 Å². The molecule has 68 valence electrons. The van der Waals surface area contributed by atoms with E-state index in [1.807, 2.05) is 0 Å². The molecule has 0 aliphatic carbocycles. The largest absolute Gasteiger partial charge is 0.481 e. The molecule has 0 saturated carbocycles. The van der Waals surface area contributed by atoms with Crippen LogP contribution in [0.3, 0.4) is 0 Å². The highest BCUT2D eigenvalue weighted by Gasteiger charge is 2.10. The molecule has 1 rings (SSSR count). The summed E-state index contributed by atoms with van der Waals surface area (Å²) in [4.78, 5) is 14.7. The van der Waals surface area contributed by atoms with Gasteiger partial charge in [0.05, 0.1) is 19.8 Å². The molecule has 0 spiro atoms. The Morgan fingerprint density at radius 2 is 2.08 bits per heavy atom. The van der Waals surface area contributed by atoms with Crippen LogP contribution in [0, 0.1) is 6.92 Å². The molecule has 4 nitrogen and oxygen atoms in total. The number of aromatic nitrogens is 1. The molecule has 0 saturated heterocycles. The lowest BCUT2D eigenvalue weighted by atomic mass is 10.2. The van der Waals surface area contributed by atoms with Gasteiger partial charge < -0.3 is 9.47 Å². The van der Waals surface area contributed by atoms with Crippen molar-refractivity contribution in [2.75, 3.05) is 14.2 Å². The number of carbonyl (C=O) groups is 1. The molecule has 0 N–H and O–H groups in total. The van der Waals surface area contributed by atoms with Crippen LogP contribution in [0.25, 0.3) is 0 Å². The van der Waals surface area contributed by atoms with E-state index in [-0.39, 0.29) is 11.4 Å². The first kappa shape index (κ1) is 9.51. The van der Waals surface area contributed by atoms with Crippen LogP contribution in [0.5, 0.6) is 11.8 Å². The van der Waals surface area contributed by atoms with Gasteiger partial charge in [0.15, 0.2) is 5.78 Å². The molecule has 0 unspecified atom stereocenters. The predicted molar refractivity (Wildman–Crippen MR) is 46.0 cm³/mol. The van der Waals surface area contributed by atoms with Crippen molar-refractivity contribution in [1.29, 1.82) is 0 Å². The van der Waals surface area contributed by atoms with Gasteiger partial charge in [-0.1, -0.05) is 0 Å². The van der Waals surface area contributed by atoms with Gasteiger partial charge in [0.2, 0.25) is 11.8 Å². The molecule has 13 heavy (non-hydrogen) atoms. The number of methoxy groups -OCH3 is 2. The maximum atomic E-state index is 10.8. The molecule has 0 aromatic carbocycles. The number of hydrogen-bond donors (Lipinski definition) is 0. The Bertz CT molecular complexity index is 323. The zero-order chi connectivity index (χ0) is 9.84. The minimum absolute atomic E-state index is 0.173. The summed E-state index contributed by atoms with van der Waals surface area (Å²) in [5.41, 5.74) is 0.239. The van der Waals surface area contributed by atoms with Gasteiger partial charge in [0.1, 0.15) is 0 Å². The lowest BCUT2D eigenvalue weighted by Gasteiger charge is -2.05. The Kier molecular flexibility index (Phi) is 2.84. The van der Waals surface area contributed by atoms with Crippen molar-refractivity contribution in [1.82, 2.24) is 4.98 Å². The van der Waals surface area contributed by atoms with Crippen LogP contribution in [0.4, 0.5) is 0 Å². The number of rotatable bonds is 3. The number of nitrogens with zero attached hydrogens (tertiary/aromatic N) is 1. The zero-order valence-corrected chi connectivity index (χ0v) is 7.40. The van der Waals surface area contributed by atoms with Gasteiger partial charge in [-0.25, -0.2) is 0 Å². The van der Waals surface area contributed by atoms with Gasteiger partial charge in [-0.2, -0.15) is 4.98 Å². The molecule has 1 aromatic heterocycles. The van der Waals surface area contributed by atoms with Crippen molar-refractivity contribution < 1.29 is 14.3 Å². The summed E-state index contributed by atoms with van der Waals surface area (Å²) in [5.74, 6) is -0.0271. The fourth-order valence-corrected chi connectivity index (χ4v) is 0.880. The quantitative estimate of drug-likeness (QED) is 0.649. The number of ketones is 1. The maximum Gasteiger partial charge on any atom is 0.227 e. The molecule has 0 fully saturated rings. The smallest absolute Gasteiger partial charge is 0.227 e. The number of hydrogen-bond acceptors (Lipinski definition) is 4. The number of Topliss-reactive ketones (excluding diaryl/α,β-unsaturated/α-hetero) is 1. The molecule has 0 aliphatic heterocycles. The third-order valence-corrected chi connectivity index (χ3v) is 1.50. The Morgan fingerprint density at radius 3 is 2.54 bits per heavy atom. The first-order valence-electron chi connectivity index (χ1n) is 3.58. The molecule has 1 heterocycles. The van der Waals surface area contributed by atoms with E-state index in [4.69, 9.17) is 16.4 Å². The van der Waals surface area contributed by atoms with Crippen LogP contribution in [-0.4, -0.2) is 25.0 Å². The van der Waals surface area contributed by atoms with Gasteiger partial charge >= 0.3 is 0 Å². The van der Waals surface area contributed by atoms with Crippen LogP contribution >= 0.6 is 0 Å². The maximum absolute atomic E-state index is 10.8. The highest BCUT2D eigenvalue weighted by atomic mass is 16.5. The SMILES string of the molecule is [CH]C(=O)c1ccc(OC)nc1OC. The lowest BCUT2D eigenvalue weighted by molar-refractivity contribution is 0.104. The zero-order valence-electron chi connectivity index (χ0n) is 7.40. The molecular weight excluding hydrogens is 170 g/mol. The van der Waals surface area contributed by atoms with Crippen LogP contribution in [0.15, 0.2) is 12.1 Å². The Morgan fingerprint density at radius 1 is 1.38 bits per heavy atom. The topological polar surface area (TPSA) is 48.4 Å². The second-order valence-corrected chi connectivity index (χ2v) is 2.27. The first-order valence-corrected chi connectivity index (χ1v) is 3.58. The molecule has 2 radical (unpaired) electrons. The third kappa shape index (κ3) is 1.96. The van der Waals surface area contributed by atoms with Crippen molar-refractivity contribution in [3.05, 3.63) is 24.6 Å². The fraction of sp³-hybridized carbons (Fsp3) is 0.222. The standard InChI is InChI=1S/C9H9NO3/c1-6(11)7-4-5-8(12-2)10-9(7)13-3/h1,4-5H,2-3H3. The molecule has 0 amide bonds. The van der Waals surface area contributed by atoms with Crippen LogP contribution in [0.1, 0.15) is 10.4 Å². The lowest BCUT2D eigenvalue weighted by Crippen LogP contribution is -2.01. The van der Waals surface area contributed by atoms with Gasteiger partial charge in [0, 0.05) is 13.0 Å². The van der Waals surface area contributed by atoms with E-state index in [0.717, 1.165) is 0 Å². The molecule has 0 atom stereocenters. The van der Waals surface area contributed by atoms with E-state index in [1.165, 1.54) is 20.3 Å². The summed E-state index contributed by atoms with van der Waals surface area (Å²) < 4.78 is 9.71. The van der Waals surface area contributed by atoms with Gasteiger partial charge in [-0.05, 0) is 6.07 Å². The first-order chi connectivity index (χ1) is 6.19. The monoisotopic (exact) mass is 179 g/mol. The van der Waals surface area contributed by atoms with Gasteiger partial charge in [-0.3, -0.25) is 4.79 Å². The predicted octanol–water partition coefficient (Wildman–Crippen LogP) is 0.993. The summed E-state index contributed by atoms with van der Waals surface area (Å²) in [6.07, 6.45) is 0. The number of ether oxygens (including phenoxy) is 2. The van der Waals surface area contributed by atoms with Crippen LogP contribution in [-0.2, 0) is 0 Å². The third-order valence-electron chi connectivity index (χ3n) is 1.50. The normalized spacial score (nSPS) is 9.46. The highest BCUT2D eigenvalue weighted by Crippen LogP contribution is 2.19. The minimum Gasteiger partial charge on any atom is -0.481 e. The summed E-state index contributed by atoms with van der Waals surface area (Å²) in [7, 11) is 2.89. The van der Waals surface area contributed by atoms with Crippen LogP contribution < -0.4 is 9.47 Å². The Labute approximate surface area is 76.5 Å². The molecular formula is C9H9NO3. The summed E-state index contributed by atoms with van der Waals surface area (Å²) in [6, 6.07) is 3.05. The van der Waals surface area contributed by atoms with Gasteiger partial charge in [-0.15, -0.1) is 0 Å². The van der Waals surface area contributed by atoms with Crippen molar-refractivity contribution in [3.63, 3.8) is 0 Å². The second-order valence-electron chi connectivity index (χ2n) is 2.27. The molecule has 0 bridgehead atoms. The number of carbonyl (C=O) groups excluding carboxylic acids is 1. The molecule has 1 aromatic rings. The van der Waals surface area contributed by atoms with E-state index in [1.54, 1.807) is 6.07 Å². The van der Waals surface area contributed by atoms with Crippen molar-refractivity contribution in [2.24, 2.45) is 0 Å². The molecule has 4 heteroatoms. The van der Waals surface area contributed by atoms with Crippen molar-refractivity contribution in [3.8, 4) is 11.8 Å². The molecule has 0 aliphatic rings. The minimum atomic E-state index is -0.577. The van der Waals surface area contributed by atoms with E-state index in [2.05, 4.69) is 4.98 Å². The second kappa shape index (κ2) is 3.89. The van der Waals surface area contributed by atoms with Crippen molar-refractivity contribution in [2.45, 2.75) is 0 Å². The van der Waals surface area contributed by atoms with Crippen molar-refractivity contribution >= 4 is 5.78 Å². The fourth-order valence-electron chi connectivity index (χ4n) is 0.880. The van der Waals surface area contributed by atoms with E-state index >= 15 is 0 Å². The number of pyridine rings is 1. The van der Waals surface area contributed by atoms with E-state index in [0.29, 0.717) is 5.88 Å². The van der Waals surface area contributed by atoms with Gasteiger partial charge in [0.25, 0.3) is 0 Å². The van der Waals surface area contributed by atoms with E-state index in [9.17, 15) is 4.79 Å². The Hall–Kier alpha value is -1.58. The summed E-state index contributed by atoms with van der Waals surface area (Å²) in [5, 5.41) is 0. The highest BCUT2D eigenvalue weighted by molar-refractivity contribution is 6.01. The summed E-state index contributed by atoms with van der Waals surface area (Å²) in [6.45, 7) is 5.08. The Balaban J connectivity index is 3.15. The van der Waals surface area contributed by atoms with Crippen LogP contribution in [0.2, 0.25) is 0 Å². The summed E-state index contributed by atoms with van der Waals surface area (Å²) >= 11 is 0.